The molecule has 7 heteroatoms. The Bertz CT molecular complexity index is 1720. The van der Waals surface area contributed by atoms with Gasteiger partial charge in [-0.1, -0.05) is 48.5 Å². The monoisotopic (exact) mass is 528 g/mol. The summed E-state index contributed by atoms with van der Waals surface area (Å²) in [5.74, 6) is 0.707. The molecule has 2 radical (unpaired) electrons. The molecule has 0 aliphatic heterocycles. The fraction of sp³-hybridized carbons (Fsp3) is 0.0625. The lowest BCUT2D eigenvalue weighted by molar-refractivity contribution is 0.475. The van der Waals surface area contributed by atoms with Crippen molar-refractivity contribution in [3.63, 3.8) is 0 Å². The minimum absolute atomic E-state index is 0.121. The fourth-order valence-electron chi connectivity index (χ4n) is 4.65. The normalized spacial score (nSPS) is 10.8. The molecule has 0 aliphatic rings. The van der Waals surface area contributed by atoms with Crippen molar-refractivity contribution in [1.29, 1.82) is 0 Å². The first-order valence-electron chi connectivity index (χ1n) is 12.3. The first-order valence-corrected chi connectivity index (χ1v) is 12.9. The summed E-state index contributed by atoms with van der Waals surface area (Å²) in [6.45, 7) is 3.76. The van der Waals surface area contributed by atoms with Crippen LogP contribution in [0.2, 0.25) is 0 Å². The molecular formula is C32H25AlN2O4. The van der Waals surface area contributed by atoms with Gasteiger partial charge < -0.3 is 20.4 Å². The first-order chi connectivity index (χ1) is 18.7. The maximum atomic E-state index is 11.0. The molecule has 0 saturated carbocycles. The van der Waals surface area contributed by atoms with Crippen molar-refractivity contribution in [2.45, 2.75) is 13.8 Å². The third kappa shape index (κ3) is 5.11. The van der Waals surface area contributed by atoms with E-state index in [2.05, 4.69) is 26.3 Å². The number of phenolic OH excluding ortho intramolecular Hbond substituents is 4. The van der Waals surface area contributed by atoms with E-state index in [1.807, 2.05) is 50.2 Å². The number of aromatic hydroxyl groups is 4. The standard InChI is InChI=1S/C26H19N2O3.C6H6O.Al/c1-14-19(12-16-6-3-10-22(30)25(16)27-14)18-8-5-9-21(29)24(18)20-13-17-7-4-11-23(31)26(17)28-15(20)2;7-6-4-2-1-3-5-6;/h3-7,9-13,29-31H,1-2H3;1-5,7H;. The molecule has 39 heavy (non-hydrogen) atoms. The molecule has 4 aromatic carbocycles. The summed E-state index contributed by atoms with van der Waals surface area (Å²) >= 11 is 2.74. The number of aromatic nitrogens is 2. The second-order valence-electron chi connectivity index (χ2n) is 9.20. The number of phenols is 4. The molecule has 4 N–H and O–H groups in total. The third-order valence-electron chi connectivity index (χ3n) is 6.54. The summed E-state index contributed by atoms with van der Waals surface area (Å²) < 4.78 is 0.901. The molecule has 6 aromatic rings. The van der Waals surface area contributed by atoms with Crippen LogP contribution in [0, 0.1) is 13.8 Å². The SMILES string of the molecule is Cc1nc2c(O)cccc2cc1-c1c(O)cc[c]([Al])c1-c1cc2cccc(O)c2nc1C.Oc1ccccc1. The van der Waals surface area contributed by atoms with E-state index < -0.39 is 0 Å². The Kier molecular flexibility index (Phi) is 7.12. The van der Waals surface area contributed by atoms with E-state index in [1.54, 1.807) is 54.6 Å². The van der Waals surface area contributed by atoms with E-state index in [4.69, 9.17) is 5.11 Å². The van der Waals surface area contributed by atoms with Crippen molar-refractivity contribution in [3.05, 3.63) is 102 Å². The molecule has 0 saturated heterocycles. The summed E-state index contributed by atoms with van der Waals surface area (Å²) in [6, 6.07) is 26.7. The Hall–Kier alpha value is -4.57. The highest BCUT2D eigenvalue weighted by Crippen LogP contribution is 2.42. The van der Waals surface area contributed by atoms with Gasteiger partial charge in [0.05, 0.1) is 0 Å². The van der Waals surface area contributed by atoms with Crippen molar-refractivity contribution in [2.75, 3.05) is 0 Å². The lowest BCUT2D eigenvalue weighted by Crippen LogP contribution is -2.10. The number of benzene rings is 4. The Labute approximate surface area is 233 Å². The minimum atomic E-state index is 0.121. The fourth-order valence-corrected chi connectivity index (χ4v) is 5.05. The van der Waals surface area contributed by atoms with Gasteiger partial charge in [0.25, 0.3) is 0 Å². The molecule has 2 aromatic heterocycles. The van der Waals surface area contributed by atoms with Crippen LogP contribution in [0.4, 0.5) is 0 Å². The lowest BCUT2D eigenvalue weighted by atomic mass is 9.90. The Morgan fingerprint density at radius 2 is 1.05 bits per heavy atom. The molecular weight excluding hydrogens is 503 g/mol. The van der Waals surface area contributed by atoms with Crippen molar-refractivity contribution in [3.8, 4) is 45.3 Å². The van der Waals surface area contributed by atoms with Crippen molar-refractivity contribution < 1.29 is 20.4 Å². The zero-order valence-corrected chi connectivity index (χ0v) is 22.6. The van der Waals surface area contributed by atoms with E-state index in [0.29, 0.717) is 28.0 Å². The van der Waals surface area contributed by atoms with Gasteiger partial charge >= 0.3 is 0 Å². The lowest BCUT2D eigenvalue weighted by Gasteiger charge is -2.19. The smallest absolute Gasteiger partial charge is 0.176 e. The number of aryl methyl sites for hydroxylation is 2. The van der Waals surface area contributed by atoms with E-state index in [0.717, 1.165) is 37.6 Å². The number of rotatable bonds is 2. The van der Waals surface area contributed by atoms with Crippen LogP contribution in [0.25, 0.3) is 44.1 Å². The highest BCUT2D eigenvalue weighted by Gasteiger charge is 2.20. The number of para-hydroxylation sites is 3. The zero-order chi connectivity index (χ0) is 27.7. The van der Waals surface area contributed by atoms with Crippen molar-refractivity contribution >= 4 is 42.5 Å². The van der Waals surface area contributed by atoms with Crippen LogP contribution in [0.5, 0.6) is 23.0 Å². The molecule has 190 valence electrons. The van der Waals surface area contributed by atoms with E-state index in [9.17, 15) is 15.3 Å². The molecule has 0 fully saturated rings. The van der Waals surface area contributed by atoms with E-state index in [-0.39, 0.29) is 17.2 Å². The summed E-state index contributed by atoms with van der Waals surface area (Å²) in [5.41, 5.74) is 5.60. The quantitative estimate of drug-likeness (QED) is 0.204. The van der Waals surface area contributed by atoms with Gasteiger partial charge in [-0.25, -0.2) is 9.97 Å². The Balaban J connectivity index is 0.000000384. The Morgan fingerprint density at radius 1 is 0.538 bits per heavy atom. The molecule has 6 nitrogen and oxygen atoms in total. The largest absolute Gasteiger partial charge is 0.508 e. The molecule has 0 spiro atoms. The van der Waals surface area contributed by atoms with Crippen molar-refractivity contribution in [1.82, 2.24) is 9.97 Å². The second kappa shape index (κ2) is 10.7. The van der Waals surface area contributed by atoms with Gasteiger partial charge in [0.1, 0.15) is 34.0 Å². The molecule has 0 amide bonds. The summed E-state index contributed by atoms with van der Waals surface area (Å²) in [4.78, 5) is 9.28. The number of hydrogen-bond donors (Lipinski definition) is 4. The maximum absolute atomic E-state index is 11.0. The average molecular weight is 529 g/mol. The van der Waals surface area contributed by atoms with Gasteiger partial charge in [-0.05, 0) is 61.9 Å². The van der Waals surface area contributed by atoms with Crippen LogP contribution < -0.4 is 4.43 Å². The van der Waals surface area contributed by atoms with Crippen LogP contribution in [0.1, 0.15) is 11.4 Å². The number of nitrogens with zero attached hydrogens (tertiary/aromatic N) is 2. The minimum Gasteiger partial charge on any atom is -0.508 e. The van der Waals surface area contributed by atoms with Gasteiger partial charge in [-0.3, -0.25) is 0 Å². The van der Waals surface area contributed by atoms with Gasteiger partial charge in [0.2, 0.25) is 0 Å². The van der Waals surface area contributed by atoms with Gasteiger partial charge in [0, 0.05) is 38.9 Å². The van der Waals surface area contributed by atoms with Crippen LogP contribution in [-0.4, -0.2) is 46.7 Å². The maximum Gasteiger partial charge on any atom is 0.176 e. The van der Waals surface area contributed by atoms with Gasteiger partial charge in [-0.2, -0.15) is 0 Å². The third-order valence-corrected chi connectivity index (χ3v) is 7.02. The molecule has 6 rings (SSSR count). The van der Waals surface area contributed by atoms with E-state index >= 15 is 0 Å². The number of hydrogen-bond acceptors (Lipinski definition) is 6. The topological polar surface area (TPSA) is 107 Å². The number of pyridine rings is 2. The molecule has 0 aliphatic carbocycles. The average Bonchev–Trinajstić information content (AvgIpc) is 2.91. The molecule has 0 unspecified atom stereocenters. The van der Waals surface area contributed by atoms with Crippen LogP contribution in [-0.2, 0) is 0 Å². The van der Waals surface area contributed by atoms with Crippen molar-refractivity contribution in [2.24, 2.45) is 0 Å². The van der Waals surface area contributed by atoms with Crippen LogP contribution >= 0.6 is 0 Å². The molecule has 0 atom stereocenters. The van der Waals surface area contributed by atoms with Gasteiger partial charge in [-0.15, -0.1) is 4.43 Å². The molecule has 2 heterocycles. The Morgan fingerprint density at radius 3 is 1.54 bits per heavy atom. The highest BCUT2D eigenvalue weighted by molar-refractivity contribution is 6.37. The van der Waals surface area contributed by atoms with Crippen LogP contribution in [0.15, 0.2) is 91.0 Å². The number of fused-ring (bicyclic) bond motifs is 2. The first kappa shape index (κ1) is 26.1. The van der Waals surface area contributed by atoms with Gasteiger partial charge in [0.15, 0.2) is 16.3 Å². The summed E-state index contributed by atoms with van der Waals surface area (Å²) in [6.07, 6.45) is 0. The highest BCUT2D eigenvalue weighted by atomic mass is 27.0. The van der Waals surface area contributed by atoms with Crippen LogP contribution in [0.3, 0.4) is 0 Å². The van der Waals surface area contributed by atoms with E-state index in [1.165, 1.54) is 0 Å². The summed E-state index contributed by atoms with van der Waals surface area (Å²) in [7, 11) is 0. The predicted molar refractivity (Wildman–Crippen MR) is 156 cm³/mol. The summed E-state index contributed by atoms with van der Waals surface area (Å²) in [5, 5.41) is 41.6. The second-order valence-corrected chi connectivity index (χ2v) is 9.82. The zero-order valence-electron chi connectivity index (χ0n) is 21.4. The predicted octanol–water partition coefficient (Wildman–Crippen LogP) is 6.04. The molecule has 0 bridgehead atoms.